The first-order valence-electron chi connectivity index (χ1n) is 4.38. The van der Waals surface area contributed by atoms with Crippen LogP contribution >= 0.6 is 294 Å². The lowest BCUT2D eigenvalue weighted by molar-refractivity contribution is -0.136. The normalized spacial score (nSPS) is 15.9. The molecule has 0 rings (SSSR count). The molecule has 0 aliphatic heterocycles. The molecular weight excluding hydrogens is 1770 g/mol. The number of carboxylic acid groups (broad SMARTS) is 1. The Morgan fingerprint density at radius 3 is 1.05 bits per heavy atom. The summed E-state index contributed by atoms with van der Waals surface area (Å²) in [4.78, 5) is 11.9. The van der Waals surface area contributed by atoms with Gasteiger partial charge in [-0.2, -0.15) is 0 Å². The molecule has 132 valence electrons. The average molecular weight is 1770 g/mol. The predicted octanol–water partition coefficient (Wildman–Crippen LogP) is 9.86. The SMILES string of the molecule is O=C(O)C(I)(I)C(I)(I)C(I)(I)C(I)(C(I)(I)I)C(I)(I)I. The van der Waals surface area contributed by atoms with Crippen LogP contribution in [0.4, 0.5) is 0 Å². The maximum Gasteiger partial charge on any atom is 0.332 e. The molecule has 2 nitrogen and oxygen atoms in total. The monoisotopic (exact) mass is 1770 g/mol. The zero-order chi connectivity index (χ0) is 18.6. The van der Waals surface area contributed by atoms with E-state index in [0.717, 1.165) is 0 Å². The van der Waals surface area contributed by atoms with E-state index in [2.05, 4.69) is 294 Å². The van der Waals surface area contributed by atoms with Crippen molar-refractivity contribution in [3.63, 3.8) is 0 Å². The summed E-state index contributed by atoms with van der Waals surface area (Å²) < 4.78 is -2.29. The van der Waals surface area contributed by atoms with E-state index in [1.165, 1.54) is 0 Å². The van der Waals surface area contributed by atoms with Gasteiger partial charge in [-0.15, -0.1) is 0 Å². The van der Waals surface area contributed by atoms with E-state index >= 15 is 0 Å². The molecule has 0 unspecified atom stereocenters. The average Bonchev–Trinajstić information content (AvgIpc) is 2.23. The summed E-state index contributed by atoms with van der Waals surface area (Å²) in [6, 6.07) is 0. The maximum atomic E-state index is 11.9. The minimum Gasteiger partial charge on any atom is -0.480 e. The van der Waals surface area contributed by atoms with Crippen LogP contribution in [0.5, 0.6) is 0 Å². The molecule has 0 saturated heterocycles. The number of carboxylic acids is 1. The van der Waals surface area contributed by atoms with Crippen molar-refractivity contribution in [2.24, 2.45) is 0 Å². The van der Waals surface area contributed by atoms with Crippen LogP contribution in [0.3, 0.4) is 0 Å². The van der Waals surface area contributed by atoms with Gasteiger partial charge in [-0.05, 0) is 0 Å². The molecule has 0 saturated carbocycles. The molecule has 0 aliphatic carbocycles. The first kappa shape index (κ1) is 31.0. The number of aliphatic carboxylic acids is 1. The van der Waals surface area contributed by atoms with Gasteiger partial charge in [0.15, 0.2) is 1.43 Å². The van der Waals surface area contributed by atoms with Crippen LogP contribution in [0, 0.1) is 0 Å². The van der Waals surface area contributed by atoms with E-state index < -0.39 is 8.83 Å². The molecule has 1 N–H and O–H groups in total. The first-order chi connectivity index (χ1) is 9.19. The lowest BCUT2D eigenvalue weighted by atomic mass is 10.1. The van der Waals surface area contributed by atoms with Crippen LogP contribution in [-0.2, 0) is 4.79 Å². The first-order valence-corrected chi connectivity index (χ1v) is 18.4. The number of hydrogen-bond acceptors (Lipinski definition) is 1. The molecule has 0 radical (unpaired) electrons. The smallest absolute Gasteiger partial charge is 0.332 e. The fourth-order valence-corrected chi connectivity index (χ4v) is 24.8. The Morgan fingerprint density at radius 1 is 0.591 bits per heavy atom. The van der Waals surface area contributed by atoms with E-state index in [1.54, 1.807) is 0 Å². The molecule has 22 heavy (non-hydrogen) atoms. The highest BCUT2D eigenvalue weighted by molar-refractivity contribution is 14.3. The quantitative estimate of drug-likeness (QED) is 0.213. The van der Waals surface area contributed by atoms with Crippen molar-refractivity contribution in [1.82, 2.24) is 0 Å². The Morgan fingerprint density at radius 2 is 0.864 bits per heavy atom. The zero-order valence-corrected chi connectivity index (χ0v) is 37.3. The number of rotatable bonds is 6. The van der Waals surface area contributed by atoms with Crippen molar-refractivity contribution in [2.75, 3.05) is 0 Å². The van der Waals surface area contributed by atoms with Crippen molar-refractivity contribution in [2.45, 2.75) is 6.58 Å². The minimum atomic E-state index is -0.938. The largest absolute Gasteiger partial charge is 0.480 e. The van der Waals surface area contributed by atoms with Gasteiger partial charge in [0.05, 0.1) is 0 Å². The summed E-state index contributed by atoms with van der Waals surface area (Å²) in [6.07, 6.45) is 0. The summed E-state index contributed by atoms with van der Waals surface area (Å²) in [6.45, 7) is 0. The fourth-order valence-electron chi connectivity index (χ4n) is 1.06. The molecule has 0 fully saturated rings. The van der Waals surface area contributed by atoms with Crippen molar-refractivity contribution < 1.29 is 9.90 Å². The van der Waals surface area contributed by atoms with E-state index in [9.17, 15) is 9.90 Å². The van der Waals surface area contributed by atoms with Gasteiger partial charge in [0, 0.05) is 0 Å². The van der Waals surface area contributed by atoms with Crippen molar-refractivity contribution in [3.05, 3.63) is 0 Å². The number of alkyl halides is 13. The van der Waals surface area contributed by atoms with E-state index in [1.807, 2.05) is 0 Å². The topological polar surface area (TPSA) is 37.3 Å². The molecule has 0 atom stereocenters. The van der Waals surface area contributed by atoms with Crippen molar-refractivity contribution in [1.29, 1.82) is 0 Å². The highest BCUT2D eigenvalue weighted by Gasteiger charge is 2.76. The van der Waals surface area contributed by atoms with Gasteiger partial charge in [-0.1, -0.05) is 294 Å². The third-order valence-corrected chi connectivity index (χ3v) is 35.1. The molecule has 15 heteroatoms. The standard InChI is InChI=1S/C7HI13O2/c8-2(9,1(21)22)4(11,12)5(13,14)3(10,6(15,16)17)7(18,19)20/h(H,21,22). The Labute approximate surface area is 306 Å². The van der Waals surface area contributed by atoms with Crippen LogP contribution in [0.1, 0.15) is 0 Å². The van der Waals surface area contributed by atoms with Crippen LogP contribution in [-0.4, -0.2) is 17.7 Å². The second-order valence-corrected chi connectivity index (χ2v) is 43.3. The van der Waals surface area contributed by atoms with Crippen LogP contribution in [0.25, 0.3) is 0 Å². The Hall–Kier alpha value is 8.96. The molecule has 0 aromatic heterocycles. The van der Waals surface area contributed by atoms with Gasteiger partial charge < -0.3 is 5.11 Å². The Balaban J connectivity index is 6.58. The number of halogens is 13. The van der Waals surface area contributed by atoms with E-state index in [-0.39, 0.29) is 3.72 Å². The Kier molecular flexibility index (Phi) is 15.4. The molecule has 0 aromatic carbocycles. The second kappa shape index (κ2) is 10.9. The molecule has 0 aliphatic rings. The summed E-state index contributed by atoms with van der Waals surface area (Å²) in [7, 11) is 0. The predicted molar refractivity (Wildman–Crippen MR) is 206 cm³/mol. The van der Waals surface area contributed by atoms with Gasteiger partial charge in [-0.3, -0.25) is 0 Å². The van der Waals surface area contributed by atoms with Crippen LogP contribution < -0.4 is 0 Å². The second-order valence-electron chi connectivity index (χ2n) is 3.68. The fraction of sp³-hybridized carbons (Fsp3) is 0.857. The third-order valence-electron chi connectivity index (χ3n) is 2.27. The summed E-state index contributed by atoms with van der Waals surface area (Å²) >= 11 is 31.1. The highest BCUT2D eigenvalue weighted by Crippen LogP contribution is 2.77. The van der Waals surface area contributed by atoms with Crippen molar-refractivity contribution >= 4 is 300 Å². The van der Waals surface area contributed by atoms with Crippen LogP contribution in [0.15, 0.2) is 0 Å². The minimum absolute atomic E-state index is 0.115. The lowest BCUT2D eigenvalue weighted by Crippen LogP contribution is -2.67. The molecule has 0 heterocycles. The summed E-state index contributed by atoms with van der Waals surface area (Å²) in [5.74, 6) is -0.795. The summed E-state index contributed by atoms with van der Waals surface area (Å²) in [5, 5.41) is 9.77. The van der Waals surface area contributed by atoms with E-state index in [0.29, 0.717) is 0 Å². The Bertz CT molecular complexity index is 430. The maximum absolute atomic E-state index is 11.9. The summed E-state index contributed by atoms with van der Waals surface area (Å²) in [5.41, 5.74) is 0. The molecule has 0 bridgehead atoms. The third kappa shape index (κ3) is 6.30. The molecule has 0 spiro atoms. The highest BCUT2D eigenvalue weighted by atomic mass is 127. The molecule has 0 aromatic rings. The molecule has 0 amide bonds. The lowest BCUT2D eigenvalue weighted by Gasteiger charge is -2.56. The van der Waals surface area contributed by atoms with Gasteiger partial charge in [0.25, 0.3) is 0 Å². The van der Waals surface area contributed by atoms with Gasteiger partial charge in [0.2, 0.25) is 0 Å². The van der Waals surface area contributed by atoms with Gasteiger partial charge >= 0.3 is 5.97 Å². The molecular formula is C7HI13O2. The number of carbonyl (C=O) groups is 1. The van der Waals surface area contributed by atoms with Gasteiger partial charge in [-0.25, -0.2) is 4.79 Å². The van der Waals surface area contributed by atoms with Gasteiger partial charge in [0.1, 0.15) is 5.15 Å². The zero-order valence-electron chi connectivity index (χ0n) is 9.27. The number of hydrogen-bond donors (Lipinski definition) is 1. The van der Waals surface area contributed by atoms with E-state index in [4.69, 9.17) is 0 Å². The van der Waals surface area contributed by atoms with Crippen molar-refractivity contribution in [3.8, 4) is 0 Å². The van der Waals surface area contributed by atoms with Crippen LogP contribution in [0.2, 0.25) is 0 Å².